The van der Waals surface area contributed by atoms with Gasteiger partial charge >= 0.3 is 6.03 Å². The van der Waals surface area contributed by atoms with Crippen LogP contribution in [-0.2, 0) is 9.47 Å². The van der Waals surface area contributed by atoms with Crippen molar-refractivity contribution in [3.63, 3.8) is 0 Å². The summed E-state index contributed by atoms with van der Waals surface area (Å²) in [4.78, 5) is 15.9. The number of nitrogens with one attached hydrogen (secondary N) is 2. The van der Waals surface area contributed by atoms with E-state index in [1.165, 1.54) is 0 Å². The molecule has 0 spiro atoms. The van der Waals surface area contributed by atoms with Crippen molar-refractivity contribution in [1.29, 1.82) is 0 Å². The number of nitrogens with zero attached hydrogens (tertiary/aromatic N) is 1. The Bertz CT molecular complexity index is 448. The summed E-state index contributed by atoms with van der Waals surface area (Å²) < 4.78 is 11.1. The molecule has 2 heterocycles. The summed E-state index contributed by atoms with van der Waals surface area (Å²) in [7, 11) is 0. The first-order valence-electron chi connectivity index (χ1n) is 7.46. The number of aromatic nitrogens is 1. The fourth-order valence-electron chi connectivity index (χ4n) is 2.10. The zero-order valence-electron chi connectivity index (χ0n) is 12.4. The van der Waals surface area contributed by atoms with Crippen molar-refractivity contribution in [3.8, 4) is 0 Å². The van der Waals surface area contributed by atoms with Crippen LogP contribution in [0.2, 0.25) is 0 Å². The van der Waals surface area contributed by atoms with Gasteiger partial charge in [0.2, 0.25) is 0 Å². The van der Waals surface area contributed by atoms with Gasteiger partial charge in [0, 0.05) is 18.8 Å². The predicted octanol–water partition coefficient (Wildman–Crippen LogP) is 2.44. The Morgan fingerprint density at radius 2 is 2.38 bits per heavy atom. The first-order valence-corrected chi connectivity index (χ1v) is 7.46. The first-order chi connectivity index (χ1) is 10.2. The van der Waals surface area contributed by atoms with E-state index in [1.54, 1.807) is 6.07 Å². The number of hydrogen-bond donors (Lipinski definition) is 2. The number of aryl methyl sites for hydroxylation is 1. The molecule has 0 aromatic carbocycles. The van der Waals surface area contributed by atoms with E-state index in [4.69, 9.17) is 9.47 Å². The van der Waals surface area contributed by atoms with Gasteiger partial charge < -0.3 is 14.8 Å². The lowest BCUT2D eigenvalue weighted by Crippen LogP contribution is -2.31. The molecule has 6 nitrogen and oxygen atoms in total. The highest BCUT2D eigenvalue weighted by Gasteiger charge is 2.13. The molecule has 1 aliphatic heterocycles. The molecule has 2 amide bonds. The molecule has 21 heavy (non-hydrogen) atoms. The number of pyridine rings is 1. The molecule has 2 N–H and O–H groups in total. The van der Waals surface area contributed by atoms with Crippen LogP contribution >= 0.6 is 0 Å². The summed E-state index contributed by atoms with van der Waals surface area (Å²) >= 11 is 0. The van der Waals surface area contributed by atoms with Crippen molar-refractivity contribution in [1.82, 2.24) is 10.3 Å². The Morgan fingerprint density at radius 3 is 3.14 bits per heavy atom. The van der Waals surface area contributed by atoms with Gasteiger partial charge in [-0.15, -0.1) is 0 Å². The second-order valence-electron chi connectivity index (χ2n) is 5.07. The average molecular weight is 293 g/mol. The van der Waals surface area contributed by atoms with E-state index in [1.807, 2.05) is 19.1 Å². The van der Waals surface area contributed by atoms with Crippen molar-refractivity contribution in [2.45, 2.75) is 38.9 Å². The number of amides is 2. The molecule has 6 heteroatoms. The van der Waals surface area contributed by atoms with E-state index in [9.17, 15) is 4.79 Å². The predicted molar refractivity (Wildman–Crippen MR) is 80.2 cm³/mol. The zero-order chi connectivity index (χ0) is 14.9. The monoisotopic (exact) mass is 293 g/mol. The van der Waals surface area contributed by atoms with E-state index in [0.29, 0.717) is 19.0 Å². The van der Waals surface area contributed by atoms with Crippen LogP contribution < -0.4 is 10.6 Å². The lowest BCUT2D eigenvalue weighted by molar-refractivity contribution is -0.162. The molecule has 0 aliphatic carbocycles. The minimum atomic E-state index is -0.248. The number of carbonyl (C=O) groups excluding carboxylic acids is 1. The Labute approximate surface area is 125 Å². The van der Waals surface area contributed by atoms with E-state index >= 15 is 0 Å². The molecule has 1 aliphatic rings. The van der Waals surface area contributed by atoms with E-state index < -0.39 is 0 Å². The van der Waals surface area contributed by atoms with Gasteiger partial charge in [0.25, 0.3) is 0 Å². The van der Waals surface area contributed by atoms with Gasteiger partial charge in [0.1, 0.15) is 5.82 Å². The number of anilines is 1. The Balaban J connectivity index is 1.54. The van der Waals surface area contributed by atoms with Crippen LogP contribution in [0.15, 0.2) is 18.2 Å². The third-order valence-electron chi connectivity index (χ3n) is 3.18. The van der Waals surface area contributed by atoms with Crippen molar-refractivity contribution < 1.29 is 14.3 Å². The fourth-order valence-corrected chi connectivity index (χ4v) is 2.10. The molecule has 1 fully saturated rings. The van der Waals surface area contributed by atoms with Gasteiger partial charge in [-0.1, -0.05) is 6.07 Å². The highest BCUT2D eigenvalue weighted by molar-refractivity contribution is 5.88. The van der Waals surface area contributed by atoms with Crippen LogP contribution in [0.4, 0.5) is 10.6 Å². The molecule has 2 rings (SSSR count). The third kappa shape index (κ3) is 6.10. The molecule has 1 aromatic heterocycles. The zero-order valence-corrected chi connectivity index (χ0v) is 12.4. The summed E-state index contributed by atoms with van der Waals surface area (Å²) in [6.45, 7) is 3.82. The van der Waals surface area contributed by atoms with Crippen molar-refractivity contribution >= 4 is 11.8 Å². The first kappa shape index (κ1) is 15.7. The fraction of sp³-hybridized carbons (Fsp3) is 0.600. The van der Waals surface area contributed by atoms with Crippen molar-refractivity contribution in [3.05, 3.63) is 23.9 Å². The summed E-state index contributed by atoms with van der Waals surface area (Å²) in [6.07, 6.45) is 3.94. The van der Waals surface area contributed by atoms with E-state index in [-0.39, 0.29) is 12.3 Å². The van der Waals surface area contributed by atoms with Gasteiger partial charge in [-0.25, -0.2) is 9.78 Å². The Kier molecular flexibility index (Phi) is 6.43. The van der Waals surface area contributed by atoms with Gasteiger partial charge in [0.05, 0.1) is 6.61 Å². The molecule has 0 bridgehead atoms. The van der Waals surface area contributed by atoms with Gasteiger partial charge in [-0.2, -0.15) is 0 Å². The maximum absolute atomic E-state index is 11.7. The normalized spacial score (nSPS) is 18.2. The molecular formula is C15H23N3O3. The minimum Gasteiger partial charge on any atom is -0.353 e. The second-order valence-corrected chi connectivity index (χ2v) is 5.07. The molecule has 0 radical (unpaired) electrons. The van der Waals surface area contributed by atoms with Crippen LogP contribution in [0, 0.1) is 6.92 Å². The minimum absolute atomic E-state index is 0.0657. The average Bonchev–Trinajstić information content (AvgIpc) is 2.48. The third-order valence-corrected chi connectivity index (χ3v) is 3.18. The smallest absolute Gasteiger partial charge is 0.320 e. The van der Waals surface area contributed by atoms with Crippen molar-refractivity contribution in [2.75, 3.05) is 25.1 Å². The van der Waals surface area contributed by atoms with Crippen LogP contribution in [0.25, 0.3) is 0 Å². The number of rotatable bonds is 6. The van der Waals surface area contributed by atoms with Gasteiger partial charge in [-0.05, 0) is 44.7 Å². The van der Waals surface area contributed by atoms with Crippen LogP contribution in [0.5, 0.6) is 0 Å². The van der Waals surface area contributed by atoms with Crippen LogP contribution in [0.1, 0.15) is 31.4 Å². The van der Waals surface area contributed by atoms with E-state index in [0.717, 1.165) is 38.0 Å². The largest absolute Gasteiger partial charge is 0.353 e. The van der Waals surface area contributed by atoms with E-state index in [2.05, 4.69) is 15.6 Å². The lowest BCUT2D eigenvalue weighted by atomic mass is 10.2. The Morgan fingerprint density at radius 1 is 1.48 bits per heavy atom. The standard InChI is InChI=1S/C15H23N3O3/c1-12-6-4-7-13(17-12)18-15(19)16-9-5-11-21-14-8-2-3-10-20-14/h4,6-7,14H,2-3,5,8-11H2,1H3,(H2,16,17,18,19). The summed E-state index contributed by atoms with van der Waals surface area (Å²) in [5, 5.41) is 5.47. The topological polar surface area (TPSA) is 72.5 Å². The van der Waals surface area contributed by atoms with Gasteiger partial charge in [0.15, 0.2) is 6.29 Å². The molecular weight excluding hydrogens is 270 g/mol. The molecule has 1 atom stereocenters. The summed E-state index contributed by atoms with van der Waals surface area (Å²) in [5.74, 6) is 0.555. The maximum atomic E-state index is 11.7. The SMILES string of the molecule is Cc1cccc(NC(=O)NCCCOC2CCCCO2)n1. The molecule has 0 saturated carbocycles. The molecule has 116 valence electrons. The molecule has 1 aromatic rings. The van der Waals surface area contributed by atoms with Crippen LogP contribution in [-0.4, -0.2) is 37.1 Å². The van der Waals surface area contributed by atoms with Crippen molar-refractivity contribution in [2.24, 2.45) is 0 Å². The molecule has 1 unspecified atom stereocenters. The summed E-state index contributed by atoms with van der Waals surface area (Å²) in [6, 6.07) is 5.25. The second kappa shape index (κ2) is 8.59. The number of urea groups is 1. The highest BCUT2D eigenvalue weighted by atomic mass is 16.7. The Hall–Kier alpha value is -1.66. The maximum Gasteiger partial charge on any atom is 0.320 e. The number of carbonyl (C=O) groups is 1. The molecule has 1 saturated heterocycles. The number of hydrogen-bond acceptors (Lipinski definition) is 4. The quantitative estimate of drug-likeness (QED) is 0.790. The lowest BCUT2D eigenvalue weighted by Gasteiger charge is -2.22. The highest BCUT2D eigenvalue weighted by Crippen LogP contribution is 2.13. The number of ether oxygens (including phenoxy) is 2. The van der Waals surface area contributed by atoms with Crippen LogP contribution in [0.3, 0.4) is 0 Å². The van der Waals surface area contributed by atoms with Gasteiger partial charge in [-0.3, -0.25) is 5.32 Å². The summed E-state index contributed by atoms with van der Waals surface area (Å²) in [5.41, 5.74) is 0.869.